The second-order valence-electron chi connectivity index (χ2n) is 27.1. The molecule has 3 nitrogen and oxygen atoms in total. The number of rotatable bonds is 13. The summed E-state index contributed by atoms with van der Waals surface area (Å²) in [6.45, 7) is 4.69. The second-order valence-corrected chi connectivity index (χ2v) is 28.2. The number of hydrogen-bond acceptors (Lipinski definition) is 4. The van der Waals surface area contributed by atoms with Crippen LogP contribution >= 0.6 is 11.3 Å². The minimum absolute atomic E-state index is 0.0906. The van der Waals surface area contributed by atoms with Gasteiger partial charge in [-0.3, -0.25) is 0 Å². The molecule has 488 valence electrons. The smallest absolute Gasteiger partial charge is 0.136 e. The summed E-state index contributed by atoms with van der Waals surface area (Å²) in [5.41, 5.74) is 30.7. The Balaban J connectivity index is 0.000000147. The molecule has 0 N–H and O–H groups in total. The molecule has 0 radical (unpaired) electrons. The molecule has 1 aliphatic rings. The van der Waals surface area contributed by atoms with Crippen molar-refractivity contribution in [3.63, 3.8) is 0 Å². The van der Waals surface area contributed by atoms with Crippen molar-refractivity contribution in [1.29, 1.82) is 0 Å². The minimum Gasteiger partial charge on any atom is -0.456 e. The number of hydrogen-bond donors (Lipinski definition) is 0. The predicted octanol–water partition coefficient (Wildman–Crippen LogP) is 28.6. The van der Waals surface area contributed by atoms with Gasteiger partial charge >= 0.3 is 0 Å². The lowest BCUT2D eigenvalue weighted by Gasteiger charge is -2.28. The monoisotopic (exact) mass is 1330 g/mol. The van der Waals surface area contributed by atoms with E-state index >= 15 is 0 Å². The molecule has 2 aromatic heterocycles. The quantitative estimate of drug-likeness (QED) is 0.115. The molecule has 0 unspecified atom stereocenters. The maximum atomic E-state index is 6.21. The maximum Gasteiger partial charge on any atom is 0.136 e. The molecule has 4 heteroatoms. The van der Waals surface area contributed by atoms with Crippen molar-refractivity contribution in [1.82, 2.24) is 0 Å². The molecule has 0 atom stereocenters. The normalized spacial score (nSPS) is 12.1. The SMILES string of the molecule is CC1(C)c2ccccc2-c2ccc(N(c3ccc(-c4ccccc4)cc3)c3ccc(-c4cccc(-c5cccc6oc7ccccc7c56)c4)cc3)cc21.c1ccc(-c2ccc(N(c3ccc(-c4ccccc4)cc3)c3ccc(-c4cccc(-c5cccc6sc7ccccc7c56)c4)cc3)cc2)cc1. The summed E-state index contributed by atoms with van der Waals surface area (Å²) in [5.74, 6) is 0. The zero-order valence-electron chi connectivity index (χ0n) is 57.2. The Hall–Kier alpha value is -12.9. The van der Waals surface area contributed by atoms with Gasteiger partial charge in [-0.1, -0.05) is 293 Å². The second kappa shape index (κ2) is 26.7. The van der Waals surface area contributed by atoms with Crippen LogP contribution in [0.5, 0.6) is 0 Å². The molecular formula is C99H70N2OS. The number of nitrogens with zero attached hydrogens (tertiary/aromatic N) is 2. The van der Waals surface area contributed by atoms with Gasteiger partial charge in [0.1, 0.15) is 11.2 Å². The summed E-state index contributed by atoms with van der Waals surface area (Å²) in [6.07, 6.45) is 0. The van der Waals surface area contributed by atoms with Crippen molar-refractivity contribution < 1.29 is 4.42 Å². The van der Waals surface area contributed by atoms with Gasteiger partial charge in [0, 0.05) is 70.5 Å². The first-order chi connectivity index (χ1) is 50.8. The van der Waals surface area contributed by atoms with Crippen LogP contribution in [-0.2, 0) is 5.41 Å². The van der Waals surface area contributed by atoms with Gasteiger partial charge in [-0.15, -0.1) is 11.3 Å². The molecule has 0 amide bonds. The van der Waals surface area contributed by atoms with Crippen molar-refractivity contribution in [3.8, 4) is 89.0 Å². The Kier molecular flexibility index (Phi) is 16.2. The summed E-state index contributed by atoms with van der Waals surface area (Å²) in [5, 5.41) is 4.97. The van der Waals surface area contributed by atoms with E-state index in [1.165, 1.54) is 120 Å². The van der Waals surface area contributed by atoms with Crippen molar-refractivity contribution in [2.45, 2.75) is 19.3 Å². The molecule has 103 heavy (non-hydrogen) atoms. The number of para-hydroxylation sites is 1. The standard InChI is InChI=1S/C51H37NO.C48H33NS/c1-51(2)46-19-8-6-16-43(46)44-31-30-41(33-47(44)51)52(39-26-22-35(23-27-39)34-12-4-3-5-13-34)40-28-24-36(25-29-40)37-14-10-15-38(32-37)42-18-11-21-49-50(42)45-17-7-9-20-48(45)53-49;1-3-11-34(12-4-1)36-21-27-41(28-22-36)49(42-29-23-37(24-30-42)35-13-5-2-6-14-35)43-31-25-38(26-32-43)39-15-9-16-40(33-39)44-18-10-20-47-48(44)45-17-7-8-19-46(45)50-47/h3-33H,1-2H3;1-33H. The summed E-state index contributed by atoms with van der Waals surface area (Å²) in [7, 11) is 0. The topological polar surface area (TPSA) is 19.6 Å². The molecule has 0 fully saturated rings. The molecule has 18 aromatic rings. The average Bonchev–Trinajstić information content (AvgIpc) is 1.61. The van der Waals surface area contributed by atoms with E-state index in [2.05, 4.69) is 400 Å². The zero-order chi connectivity index (χ0) is 68.8. The van der Waals surface area contributed by atoms with Crippen LogP contribution in [0.15, 0.2) is 393 Å². The van der Waals surface area contributed by atoms with Gasteiger partial charge < -0.3 is 14.2 Å². The third kappa shape index (κ3) is 11.8. The van der Waals surface area contributed by atoms with Crippen LogP contribution in [0.2, 0.25) is 0 Å². The van der Waals surface area contributed by atoms with Crippen molar-refractivity contribution in [2.75, 3.05) is 9.80 Å². The molecule has 16 aromatic carbocycles. The van der Waals surface area contributed by atoms with Crippen LogP contribution in [0, 0.1) is 0 Å². The highest BCUT2D eigenvalue weighted by Gasteiger charge is 2.36. The van der Waals surface area contributed by atoms with Crippen molar-refractivity contribution >= 4 is 87.6 Å². The van der Waals surface area contributed by atoms with Gasteiger partial charge in [-0.2, -0.15) is 0 Å². The first-order valence-electron chi connectivity index (χ1n) is 35.3. The fourth-order valence-corrected chi connectivity index (χ4v) is 16.5. The van der Waals surface area contributed by atoms with Crippen LogP contribution in [0.3, 0.4) is 0 Å². The number of anilines is 6. The van der Waals surface area contributed by atoms with Crippen molar-refractivity contribution in [3.05, 3.63) is 399 Å². The van der Waals surface area contributed by atoms with E-state index in [1.54, 1.807) is 0 Å². The van der Waals surface area contributed by atoms with Gasteiger partial charge in [0.25, 0.3) is 0 Å². The molecule has 1 aliphatic carbocycles. The molecule has 19 rings (SSSR count). The molecule has 0 saturated carbocycles. The third-order valence-electron chi connectivity index (χ3n) is 20.6. The van der Waals surface area contributed by atoms with Crippen LogP contribution in [0.25, 0.3) is 131 Å². The Bertz CT molecular complexity index is 6010. The summed E-state index contributed by atoms with van der Waals surface area (Å²) in [4.78, 5) is 4.73. The fourth-order valence-electron chi connectivity index (χ4n) is 15.4. The summed E-state index contributed by atoms with van der Waals surface area (Å²) < 4.78 is 8.87. The summed E-state index contributed by atoms with van der Waals surface area (Å²) in [6, 6.07) is 140. The highest BCUT2D eigenvalue weighted by Crippen LogP contribution is 2.51. The Labute approximate surface area is 605 Å². The largest absolute Gasteiger partial charge is 0.456 e. The third-order valence-corrected chi connectivity index (χ3v) is 21.7. The lowest BCUT2D eigenvalue weighted by molar-refractivity contribution is 0.660. The molecule has 2 heterocycles. The van der Waals surface area contributed by atoms with Crippen molar-refractivity contribution in [2.24, 2.45) is 0 Å². The fraction of sp³-hybridized carbons (Fsp3) is 0.0303. The molecular weight excluding hydrogens is 1270 g/mol. The van der Waals surface area contributed by atoms with Crippen LogP contribution < -0.4 is 9.80 Å². The Morgan fingerprint density at radius 1 is 0.223 bits per heavy atom. The predicted molar refractivity (Wildman–Crippen MR) is 438 cm³/mol. The Morgan fingerprint density at radius 3 is 1.09 bits per heavy atom. The molecule has 0 spiro atoms. The number of furan rings is 1. The highest BCUT2D eigenvalue weighted by atomic mass is 32.1. The van der Waals surface area contributed by atoms with E-state index in [1.807, 2.05) is 23.5 Å². The van der Waals surface area contributed by atoms with Gasteiger partial charge in [0.15, 0.2) is 0 Å². The molecule has 0 aliphatic heterocycles. The van der Waals surface area contributed by atoms with E-state index in [0.29, 0.717) is 0 Å². The van der Waals surface area contributed by atoms with Gasteiger partial charge in [0.05, 0.1) is 0 Å². The molecule has 0 bridgehead atoms. The van der Waals surface area contributed by atoms with E-state index < -0.39 is 0 Å². The summed E-state index contributed by atoms with van der Waals surface area (Å²) >= 11 is 1.87. The van der Waals surface area contributed by atoms with Gasteiger partial charge in [-0.05, 0) is 209 Å². The maximum absolute atomic E-state index is 6.21. The number of thiophene rings is 1. The Morgan fingerprint density at radius 2 is 0.563 bits per heavy atom. The van der Waals surface area contributed by atoms with Crippen LogP contribution in [-0.4, -0.2) is 0 Å². The molecule has 0 saturated heterocycles. The van der Waals surface area contributed by atoms with E-state index in [4.69, 9.17) is 4.42 Å². The number of fused-ring (bicyclic) bond motifs is 9. The first-order valence-corrected chi connectivity index (χ1v) is 36.2. The van der Waals surface area contributed by atoms with E-state index in [0.717, 1.165) is 56.1 Å². The highest BCUT2D eigenvalue weighted by molar-refractivity contribution is 7.26. The lowest BCUT2D eigenvalue weighted by Crippen LogP contribution is -2.16. The van der Waals surface area contributed by atoms with E-state index in [-0.39, 0.29) is 5.41 Å². The zero-order valence-corrected chi connectivity index (χ0v) is 58.0. The average molecular weight is 1340 g/mol. The van der Waals surface area contributed by atoms with Gasteiger partial charge in [0.2, 0.25) is 0 Å². The lowest BCUT2D eigenvalue weighted by atomic mass is 9.82. The minimum atomic E-state index is -0.0906. The van der Waals surface area contributed by atoms with Crippen LogP contribution in [0.4, 0.5) is 34.1 Å². The van der Waals surface area contributed by atoms with Crippen LogP contribution in [0.1, 0.15) is 25.0 Å². The number of benzene rings is 16. The first kappa shape index (κ1) is 62.4. The van der Waals surface area contributed by atoms with Gasteiger partial charge in [-0.25, -0.2) is 0 Å². The van der Waals surface area contributed by atoms with E-state index in [9.17, 15) is 0 Å².